The van der Waals surface area contributed by atoms with E-state index in [1.807, 2.05) is 0 Å². The molecule has 0 saturated carbocycles. The maximum atomic E-state index is 11.4. The second-order valence-electron chi connectivity index (χ2n) is 3.65. The molecule has 6 heteroatoms. The molecule has 1 aromatic rings. The Hall–Kier alpha value is -1.39. The van der Waals surface area contributed by atoms with Gasteiger partial charge in [0.1, 0.15) is 16.8 Å². The summed E-state index contributed by atoms with van der Waals surface area (Å²) in [7, 11) is 3.35. The van der Waals surface area contributed by atoms with Crippen molar-refractivity contribution < 1.29 is 9.53 Å². The van der Waals surface area contributed by atoms with Crippen LogP contribution in [0.1, 0.15) is 0 Å². The highest BCUT2D eigenvalue weighted by Crippen LogP contribution is 2.16. The number of halogens is 2. The lowest BCUT2D eigenvalue weighted by atomic mass is 10.3. The Bertz CT molecular complexity index is 426. The van der Waals surface area contributed by atoms with Crippen LogP contribution in [0, 0.1) is 0 Å². The topological polar surface area (TPSA) is 41.6 Å². The van der Waals surface area contributed by atoms with Gasteiger partial charge in [0, 0.05) is 19.8 Å². The number of rotatable bonds is 4. The molecule has 0 atom stereocenters. The number of carbonyl (C=O) groups excluding carboxylic acids is 1. The van der Waals surface area contributed by atoms with Crippen LogP contribution >= 0.6 is 23.2 Å². The van der Waals surface area contributed by atoms with Crippen LogP contribution in [0.25, 0.3) is 0 Å². The third-order valence-electron chi connectivity index (χ3n) is 2.00. The minimum absolute atomic E-state index is 0.171. The van der Waals surface area contributed by atoms with Crippen LogP contribution in [0.4, 0.5) is 10.5 Å². The number of carbonyl (C=O) groups is 1. The molecule has 0 unspecified atom stereocenters. The summed E-state index contributed by atoms with van der Waals surface area (Å²) < 4.78 is 5.53. The van der Waals surface area contributed by atoms with Gasteiger partial charge in [0.2, 0.25) is 0 Å². The van der Waals surface area contributed by atoms with Crippen molar-refractivity contribution in [1.29, 1.82) is 0 Å². The van der Waals surface area contributed by atoms with Crippen molar-refractivity contribution in [3.63, 3.8) is 0 Å². The summed E-state index contributed by atoms with van der Waals surface area (Å²) in [5.74, 6) is 0.670. The van der Waals surface area contributed by atoms with E-state index in [1.54, 1.807) is 44.4 Å². The molecule has 18 heavy (non-hydrogen) atoms. The van der Waals surface area contributed by atoms with E-state index in [9.17, 15) is 4.79 Å². The Morgan fingerprint density at radius 1 is 1.33 bits per heavy atom. The summed E-state index contributed by atoms with van der Waals surface area (Å²) in [4.78, 5) is 12.8. The molecule has 0 aliphatic heterocycles. The summed E-state index contributed by atoms with van der Waals surface area (Å²) in [5, 5.41) is 2.72. The molecule has 2 amide bonds. The molecule has 4 nitrogen and oxygen atoms in total. The fraction of sp³-hybridized carbons (Fsp3) is 0.250. The lowest BCUT2D eigenvalue weighted by Gasteiger charge is -2.12. The first-order valence-corrected chi connectivity index (χ1v) is 5.97. The third-order valence-corrected chi connectivity index (χ3v) is 2.31. The minimum atomic E-state index is -0.180. The fourth-order valence-electron chi connectivity index (χ4n) is 1.07. The van der Waals surface area contributed by atoms with Gasteiger partial charge >= 0.3 is 6.03 Å². The average molecular weight is 289 g/mol. The fourth-order valence-corrected chi connectivity index (χ4v) is 1.20. The molecule has 0 saturated heterocycles. The summed E-state index contributed by atoms with van der Waals surface area (Å²) in [6.07, 6.45) is 1.55. The van der Waals surface area contributed by atoms with Crippen LogP contribution in [0.3, 0.4) is 0 Å². The molecule has 1 rings (SSSR count). The minimum Gasteiger partial charge on any atom is -0.489 e. The zero-order valence-electron chi connectivity index (χ0n) is 10.1. The van der Waals surface area contributed by atoms with Crippen molar-refractivity contribution in [2.75, 3.05) is 26.0 Å². The molecule has 1 N–H and O–H groups in total. The normalized spacial score (nSPS) is 9.56. The van der Waals surface area contributed by atoms with Gasteiger partial charge in [0.05, 0.1) is 0 Å². The first-order valence-electron chi connectivity index (χ1n) is 5.21. The maximum absolute atomic E-state index is 11.4. The quantitative estimate of drug-likeness (QED) is 0.922. The Balaban J connectivity index is 2.52. The van der Waals surface area contributed by atoms with Gasteiger partial charge in [-0.25, -0.2) is 4.79 Å². The molecule has 98 valence electrons. The largest absolute Gasteiger partial charge is 0.489 e. The van der Waals surface area contributed by atoms with Crippen molar-refractivity contribution in [3.05, 3.63) is 34.8 Å². The molecule has 0 aliphatic rings. The Morgan fingerprint density at radius 3 is 2.44 bits per heavy atom. The first kappa shape index (κ1) is 14.7. The smallest absolute Gasteiger partial charge is 0.321 e. The molecule has 1 aromatic carbocycles. The monoisotopic (exact) mass is 288 g/mol. The standard InChI is InChI=1S/C12H14Cl2N2O2/c1-16(2)12(17)15-9-3-5-10(6-4-9)18-8-7-11(13)14/h3-7H,8H2,1-2H3,(H,15,17). The van der Waals surface area contributed by atoms with E-state index >= 15 is 0 Å². The Labute approximate surface area is 116 Å². The highest BCUT2D eigenvalue weighted by Gasteiger charge is 2.03. The van der Waals surface area contributed by atoms with Gasteiger partial charge in [0.15, 0.2) is 0 Å². The molecule has 0 aliphatic carbocycles. The van der Waals surface area contributed by atoms with Gasteiger partial charge in [-0.2, -0.15) is 0 Å². The number of benzene rings is 1. The van der Waals surface area contributed by atoms with E-state index in [-0.39, 0.29) is 10.5 Å². The van der Waals surface area contributed by atoms with Gasteiger partial charge in [-0.05, 0) is 30.3 Å². The van der Waals surface area contributed by atoms with Crippen LogP contribution in [-0.4, -0.2) is 31.6 Å². The Kier molecular flexibility index (Phi) is 5.82. The van der Waals surface area contributed by atoms with Crippen LogP contribution < -0.4 is 10.1 Å². The summed E-state index contributed by atoms with van der Waals surface area (Å²) in [6.45, 7) is 0.297. The zero-order chi connectivity index (χ0) is 13.5. The van der Waals surface area contributed by atoms with Crippen molar-refractivity contribution >= 4 is 34.9 Å². The molecule has 0 fully saturated rings. The van der Waals surface area contributed by atoms with E-state index in [1.165, 1.54) is 4.90 Å². The van der Waals surface area contributed by atoms with E-state index in [0.717, 1.165) is 0 Å². The maximum Gasteiger partial charge on any atom is 0.321 e. The van der Waals surface area contributed by atoms with Gasteiger partial charge in [-0.3, -0.25) is 0 Å². The van der Waals surface area contributed by atoms with E-state index in [4.69, 9.17) is 27.9 Å². The zero-order valence-corrected chi connectivity index (χ0v) is 11.6. The lowest BCUT2D eigenvalue weighted by Crippen LogP contribution is -2.27. The second kappa shape index (κ2) is 7.13. The van der Waals surface area contributed by atoms with Crippen LogP contribution in [0.5, 0.6) is 5.75 Å². The van der Waals surface area contributed by atoms with Crippen molar-refractivity contribution in [2.24, 2.45) is 0 Å². The second-order valence-corrected chi connectivity index (χ2v) is 4.66. The lowest BCUT2D eigenvalue weighted by molar-refractivity contribution is 0.230. The van der Waals surface area contributed by atoms with E-state index in [0.29, 0.717) is 18.0 Å². The molecule has 0 bridgehead atoms. The molecule has 0 spiro atoms. The van der Waals surface area contributed by atoms with E-state index < -0.39 is 0 Å². The molecule has 0 heterocycles. The van der Waals surface area contributed by atoms with Crippen molar-refractivity contribution in [2.45, 2.75) is 0 Å². The number of anilines is 1. The molecular formula is C12H14Cl2N2O2. The SMILES string of the molecule is CN(C)C(=O)Nc1ccc(OCC=C(Cl)Cl)cc1. The Morgan fingerprint density at radius 2 is 1.94 bits per heavy atom. The summed E-state index contributed by atoms with van der Waals surface area (Å²) in [5.41, 5.74) is 0.701. The molecular weight excluding hydrogens is 275 g/mol. The van der Waals surface area contributed by atoms with Crippen molar-refractivity contribution in [3.8, 4) is 5.75 Å². The van der Waals surface area contributed by atoms with Crippen LogP contribution in [0.15, 0.2) is 34.8 Å². The van der Waals surface area contributed by atoms with Crippen LogP contribution in [-0.2, 0) is 0 Å². The predicted octanol–water partition coefficient (Wildman–Crippen LogP) is 3.48. The van der Waals surface area contributed by atoms with E-state index in [2.05, 4.69) is 5.32 Å². The van der Waals surface area contributed by atoms with Gasteiger partial charge < -0.3 is 15.0 Å². The summed E-state index contributed by atoms with van der Waals surface area (Å²) in [6, 6.07) is 6.83. The molecule has 0 aromatic heterocycles. The highest BCUT2D eigenvalue weighted by molar-refractivity contribution is 6.55. The van der Waals surface area contributed by atoms with Gasteiger partial charge in [0.25, 0.3) is 0 Å². The number of amides is 2. The average Bonchev–Trinajstić information content (AvgIpc) is 2.30. The van der Waals surface area contributed by atoms with Crippen LogP contribution in [0.2, 0.25) is 0 Å². The number of ether oxygens (including phenoxy) is 1. The first-order chi connectivity index (χ1) is 8.49. The number of nitrogens with one attached hydrogen (secondary N) is 1. The summed E-state index contributed by atoms with van der Waals surface area (Å²) >= 11 is 10.9. The molecule has 0 radical (unpaired) electrons. The number of hydrogen-bond acceptors (Lipinski definition) is 2. The highest BCUT2D eigenvalue weighted by atomic mass is 35.5. The van der Waals surface area contributed by atoms with Crippen molar-refractivity contribution in [1.82, 2.24) is 4.90 Å². The van der Waals surface area contributed by atoms with Gasteiger partial charge in [-0.15, -0.1) is 0 Å². The van der Waals surface area contributed by atoms with Gasteiger partial charge in [-0.1, -0.05) is 23.2 Å². The number of nitrogens with zero attached hydrogens (tertiary/aromatic N) is 1. The predicted molar refractivity (Wildman–Crippen MR) is 74.4 cm³/mol. The third kappa shape index (κ3) is 5.29. The number of hydrogen-bond donors (Lipinski definition) is 1. The number of urea groups is 1.